The molecule has 1 amide bonds. The molecule has 0 fully saturated rings. The molecule has 0 aliphatic carbocycles. The average molecular weight is 413 g/mol. The molecule has 7 nitrogen and oxygen atoms in total. The number of fused-ring (bicyclic) bond motifs is 1. The van der Waals surface area contributed by atoms with Crippen LogP contribution in [0.2, 0.25) is 0 Å². The minimum atomic E-state index is -0.726. The van der Waals surface area contributed by atoms with Crippen molar-refractivity contribution in [2.45, 2.75) is 46.3 Å². The third-order valence-electron chi connectivity index (χ3n) is 4.70. The Morgan fingerprint density at radius 1 is 1.24 bits per heavy atom. The second kappa shape index (κ2) is 8.57. The van der Waals surface area contributed by atoms with Gasteiger partial charge in [0.1, 0.15) is 4.83 Å². The molecule has 152 valence electrons. The summed E-state index contributed by atoms with van der Waals surface area (Å²) in [6.45, 7) is 6.89. The molecule has 0 saturated heterocycles. The van der Waals surface area contributed by atoms with E-state index in [0.717, 1.165) is 16.0 Å². The number of ether oxygens (including phenoxy) is 1. The summed E-state index contributed by atoms with van der Waals surface area (Å²) in [6.07, 6.45) is -0.756. The number of aromatic amines is 1. The number of hydrogen-bond acceptors (Lipinski definition) is 6. The third-order valence-corrected chi connectivity index (χ3v) is 5.80. The molecule has 3 rings (SSSR count). The smallest absolute Gasteiger partial charge is 0.308 e. The SMILES string of the molecule is CC(=O)N[C@@H](CC(=O)O[C@H](C)c1nc2sc(C)c(C)c2c(=O)[nH]1)c1ccccc1. The van der Waals surface area contributed by atoms with Crippen LogP contribution in [0.1, 0.15) is 54.2 Å². The first-order chi connectivity index (χ1) is 13.8. The maximum atomic E-state index is 12.5. The molecule has 2 aromatic heterocycles. The molecule has 8 heteroatoms. The van der Waals surface area contributed by atoms with Gasteiger partial charge in [-0.15, -0.1) is 11.3 Å². The van der Waals surface area contributed by atoms with Gasteiger partial charge in [-0.05, 0) is 31.9 Å². The molecule has 0 bridgehead atoms. The topological polar surface area (TPSA) is 101 Å². The molecule has 1 aromatic carbocycles. The van der Waals surface area contributed by atoms with Gasteiger partial charge in [0.15, 0.2) is 11.9 Å². The molecule has 0 aliphatic heterocycles. The summed E-state index contributed by atoms with van der Waals surface area (Å²) in [5.74, 6) is -0.436. The Hall–Kier alpha value is -3.00. The molecule has 2 heterocycles. The fourth-order valence-electron chi connectivity index (χ4n) is 3.11. The van der Waals surface area contributed by atoms with Crippen LogP contribution in [0, 0.1) is 13.8 Å². The van der Waals surface area contributed by atoms with E-state index in [1.165, 1.54) is 18.3 Å². The number of benzene rings is 1. The maximum absolute atomic E-state index is 12.5. The van der Waals surface area contributed by atoms with E-state index in [0.29, 0.717) is 16.0 Å². The predicted molar refractivity (Wildman–Crippen MR) is 112 cm³/mol. The Labute approximate surface area is 172 Å². The molecule has 3 aromatic rings. The molecular formula is C21H23N3O4S. The van der Waals surface area contributed by atoms with Crippen LogP contribution in [0.4, 0.5) is 0 Å². The molecule has 2 N–H and O–H groups in total. The maximum Gasteiger partial charge on any atom is 0.308 e. The van der Waals surface area contributed by atoms with Crippen LogP contribution in [0.5, 0.6) is 0 Å². The lowest BCUT2D eigenvalue weighted by molar-refractivity contribution is -0.149. The minimum absolute atomic E-state index is 0.0301. The fourth-order valence-corrected chi connectivity index (χ4v) is 4.15. The molecule has 0 spiro atoms. The van der Waals surface area contributed by atoms with Crippen molar-refractivity contribution in [2.75, 3.05) is 0 Å². The highest BCUT2D eigenvalue weighted by atomic mass is 32.1. The van der Waals surface area contributed by atoms with Crippen molar-refractivity contribution < 1.29 is 14.3 Å². The van der Waals surface area contributed by atoms with Gasteiger partial charge >= 0.3 is 5.97 Å². The molecular weight excluding hydrogens is 390 g/mol. The number of thiophene rings is 1. The number of esters is 1. The number of aromatic nitrogens is 2. The van der Waals surface area contributed by atoms with Crippen molar-refractivity contribution in [3.8, 4) is 0 Å². The number of aryl methyl sites for hydroxylation is 2. The van der Waals surface area contributed by atoms with Crippen LogP contribution in [0.3, 0.4) is 0 Å². The summed E-state index contributed by atoms with van der Waals surface area (Å²) in [6, 6.07) is 8.73. The van der Waals surface area contributed by atoms with E-state index in [1.54, 1.807) is 6.92 Å². The molecule has 0 aliphatic rings. The molecule has 29 heavy (non-hydrogen) atoms. The number of carbonyl (C=O) groups excluding carboxylic acids is 2. The quantitative estimate of drug-likeness (QED) is 0.603. The highest BCUT2D eigenvalue weighted by molar-refractivity contribution is 7.18. The Bertz CT molecular complexity index is 1100. The number of nitrogens with one attached hydrogen (secondary N) is 2. The first-order valence-electron chi connectivity index (χ1n) is 9.27. The van der Waals surface area contributed by atoms with Crippen LogP contribution in [0.15, 0.2) is 35.1 Å². The zero-order valence-corrected chi connectivity index (χ0v) is 17.6. The Morgan fingerprint density at radius 3 is 2.59 bits per heavy atom. The van der Waals surface area contributed by atoms with Crippen LogP contribution in [-0.2, 0) is 14.3 Å². The predicted octanol–water partition coefficient (Wildman–Crippen LogP) is 3.47. The monoisotopic (exact) mass is 413 g/mol. The van der Waals surface area contributed by atoms with Gasteiger partial charge < -0.3 is 15.0 Å². The molecule has 0 radical (unpaired) electrons. The van der Waals surface area contributed by atoms with E-state index in [9.17, 15) is 14.4 Å². The second-order valence-corrected chi connectivity index (χ2v) is 8.12. The lowest BCUT2D eigenvalue weighted by Gasteiger charge is -2.19. The first kappa shape index (κ1) is 20.7. The van der Waals surface area contributed by atoms with E-state index in [2.05, 4.69) is 15.3 Å². The van der Waals surface area contributed by atoms with Gasteiger partial charge in [0.05, 0.1) is 17.8 Å². The van der Waals surface area contributed by atoms with E-state index >= 15 is 0 Å². The average Bonchev–Trinajstić information content (AvgIpc) is 2.95. The second-order valence-electron chi connectivity index (χ2n) is 6.91. The van der Waals surface area contributed by atoms with Crippen LogP contribution < -0.4 is 10.9 Å². The van der Waals surface area contributed by atoms with Crippen molar-refractivity contribution in [3.05, 3.63) is 62.5 Å². The highest BCUT2D eigenvalue weighted by Gasteiger charge is 2.22. The lowest BCUT2D eigenvalue weighted by Crippen LogP contribution is -2.29. The van der Waals surface area contributed by atoms with Gasteiger partial charge in [-0.25, -0.2) is 4.98 Å². The third kappa shape index (κ3) is 4.71. The van der Waals surface area contributed by atoms with Gasteiger partial charge in [0, 0.05) is 11.8 Å². The Morgan fingerprint density at radius 2 is 1.93 bits per heavy atom. The zero-order chi connectivity index (χ0) is 21.1. The van der Waals surface area contributed by atoms with Crippen LogP contribution in [0.25, 0.3) is 10.2 Å². The van der Waals surface area contributed by atoms with Gasteiger partial charge in [-0.1, -0.05) is 30.3 Å². The van der Waals surface area contributed by atoms with Crippen molar-refractivity contribution in [3.63, 3.8) is 0 Å². The molecule has 2 atom stereocenters. The van der Waals surface area contributed by atoms with Crippen molar-refractivity contribution in [1.82, 2.24) is 15.3 Å². The lowest BCUT2D eigenvalue weighted by atomic mass is 10.0. The summed E-state index contributed by atoms with van der Waals surface area (Å²) in [5, 5.41) is 3.34. The zero-order valence-electron chi connectivity index (χ0n) is 16.7. The van der Waals surface area contributed by atoms with E-state index in [-0.39, 0.29) is 17.9 Å². The summed E-state index contributed by atoms with van der Waals surface area (Å²) in [4.78, 5) is 45.3. The molecule has 0 saturated carbocycles. The minimum Gasteiger partial charge on any atom is -0.454 e. The summed E-state index contributed by atoms with van der Waals surface area (Å²) < 4.78 is 5.49. The van der Waals surface area contributed by atoms with E-state index in [4.69, 9.17) is 4.74 Å². The normalized spacial score (nSPS) is 13.1. The summed E-state index contributed by atoms with van der Waals surface area (Å²) in [5.41, 5.74) is 1.48. The van der Waals surface area contributed by atoms with Gasteiger partial charge in [0.25, 0.3) is 5.56 Å². The summed E-state index contributed by atoms with van der Waals surface area (Å²) in [7, 11) is 0. The number of rotatable bonds is 6. The molecule has 0 unspecified atom stereocenters. The van der Waals surface area contributed by atoms with E-state index < -0.39 is 18.1 Å². The highest BCUT2D eigenvalue weighted by Crippen LogP contribution is 2.27. The van der Waals surface area contributed by atoms with Gasteiger partial charge in [-0.3, -0.25) is 14.4 Å². The Balaban J connectivity index is 1.76. The van der Waals surface area contributed by atoms with Gasteiger partial charge in [0.2, 0.25) is 5.91 Å². The number of carbonyl (C=O) groups is 2. The number of amides is 1. The fraction of sp³-hybridized carbons (Fsp3) is 0.333. The summed E-state index contributed by atoms with van der Waals surface area (Å²) >= 11 is 1.44. The number of H-pyrrole nitrogens is 1. The largest absolute Gasteiger partial charge is 0.454 e. The Kier molecular flexibility index (Phi) is 6.12. The van der Waals surface area contributed by atoms with Crippen molar-refractivity contribution in [2.24, 2.45) is 0 Å². The number of nitrogens with zero attached hydrogens (tertiary/aromatic N) is 1. The van der Waals surface area contributed by atoms with Crippen LogP contribution in [-0.4, -0.2) is 21.8 Å². The van der Waals surface area contributed by atoms with Crippen molar-refractivity contribution in [1.29, 1.82) is 0 Å². The number of hydrogen-bond donors (Lipinski definition) is 2. The van der Waals surface area contributed by atoms with E-state index in [1.807, 2.05) is 44.2 Å². The van der Waals surface area contributed by atoms with Gasteiger partial charge in [-0.2, -0.15) is 0 Å². The standard InChI is InChI=1S/C21H23N3O4S/c1-11-13(3)29-21-18(11)20(27)23-19(24-21)12(2)28-17(26)10-16(22-14(4)25)15-8-6-5-7-9-15/h5-9,12,16H,10H2,1-4H3,(H,22,25)(H,23,24,27)/t12-,16+/m1/s1. The van der Waals surface area contributed by atoms with Crippen molar-refractivity contribution >= 4 is 33.4 Å². The van der Waals surface area contributed by atoms with Crippen LogP contribution >= 0.6 is 11.3 Å². The first-order valence-corrected chi connectivity index (χ1v) is 10.1.